The van der Waals surface area contributed by atoms with Gasteiger partial charge in [-0.15, -0.1) is 11.8 Å². The third kappa shape index (κ3) is 9.45. The van der Waals surface area contributed by atoms with Gasteiger partial charge >= 0.3 is 13.1 Å². The van der Waals surface area contributed by atoms with E-state index in [0.717, 1.165) is 27.5 Å². The molecule has 0 saturated carbocycles. The standard InChI is InChI=1S/C32H34BN5O5S/c39-31(37-28-9-1-2-10-29(28)44-30-14-13-27(18-32(40)41)43-33(30)42)17-23-11-12-26(36-19-23)22-38(20-24-7-3-5-15-34-24)21-25-8-4-6-16-35-25/h1-12,15-16,19,27,30,42H,13-14,17-18,20-22H2,(H,37,39)(H,40,41)/t27-,30-/m0/s1. The molecule has 5 rings (SSSR count). The molecule has 0 unspecified atom stereocenters. The molecule has 3 N–H and O–H groups in total. The van der Waals surface area contributed by atoms with Crippen molar-refractivity contribution in [2.45, 2.75) is 61.5 Å². The van der Waals surface area contributed by atoms with Crippen LogP contribution in [0.4, 0.5) is 5.69 Å². The van der Waals surface area contributed by atoms with Gasteiger partial charge in [0.05, 0.1) is 41.7 Å². The number of carboxylic acids is 1. The lowest BCUT2D eigenvalue weighted by atomic mass is 9.77. The van der Waals surface area contributed by atoms with E-state index in [1.165, 1.54) is 11.8 Å². The maximum atomic E-state index is 13.0. The Labute approximate surface area is 261 Å². The first-order chi connectivity index (χ1) is 21.4. The number of hydrogen-bond donors (Lipinski definition) is 3. The highest BCUT2D eigenvalue weighted by atomic mass is 32.2. The minimum absolute atomic E-state index is 0.133. The Balaban J connectivity index is 1.17. The zero-order valence-corrected chi connectivity index (χ0v) is 25.0. The Morgan fingerprint density at radius 1 is 0.886 bits per heavy atom. The lowest BCUT2D eigenvalue weighted by molar-refractivity contribution is -0.139. The summed E-state index contributed by atoms with van der Waals surface area (Å²) in [6.45, 7) is 1.89. The first kappa shape index (κ1) is 31.3. The van der Waals surface area contributed by atoms with Crippen molar-refractivity contribution in [2.24, 2.45) is 0 Å². The number of amides is 1. The minimum atomic E-state index is -1.09. The van der Waals surface area contributed by atoms with Crippen LogP contribution >= 0.6 is 11.8 Å². The molecule has 1 aliphatic rings. The molecule has 1 fully saturated rings. The molecule has 1 amide bonds. The molecule has 1 aliphatic heterocycles. The van der Waals surface area contributed by atoms with Gasteiger partial charge in [0.2, 0.25) is 5.91 Å². The number of hydrogen-bond acceptors (Lipinski definition) is 9. The zero-order valence-electron chi connectivity index (χ0n) is 24.2. The van der Waals surface area contributed by atoms with Gasteiger partial charge in [0.25, 0.3) is 0 Å². The molecule has 1 saturated heterocycles. The van der Waals surface area contributed by atoms with Crippen LogP contribution in [0.2, 0.25) is 0 Å². The van der Waals surface area contributed by atoms with Crippen LogP contribution in [0.25, 0.3) is 0 Å². The molecule has 226 valence electrons. The van der Waals surface area contributed by atoms with Crippen LogP contribution < -0.4 is 5.32 Å². The lowest BCUT2D eigenvalue weighted by Crippen LogP contribution is -2.42. The molecule has 12 heteroatoms. The summed E-state index contributed by atoms with van der Waals surface area (Å²) in [5.74, 6) is -1.13. The third-order valence-electron chi connectivity index (χ3n) is 7.12. The molecule has 0 radical (unpaired) electrons. The molecule has 4 heterocycles. The summed E-state index contributed by atoms with van der Waals surface area (Å²) in [5, 5.41) is 22.2. The number of benzene rings is 1. The molecule has 4 aromatic rings. The van der Waals surface area contributed by atoms with E-state index in [9.17, 15) is 14.6 Å². The highest BCUT2D eigenvalue weighted by molar-refractivity contribution is 8.01. The van der Waals surface area contributed by atoms with Gasteiger partial charge in [0.1, 0.15) is 0 Å². The van der Waals surface area contributed by atoms with Crippen LogP contribution in [0.3, 0.4) is 0 Å². The molecule has 44 heavy (non-hydrogen) atoms. The van der Waals surface area contributed by atoms with Crippen molar-refractivity contribution < 1.29 is 24.4 Å². The van der Waals surface area contributed by atoms with Crippen LogP contribution in [0.5, 0.6) is 0 Å². The van der Waals surface area contributed by atoms with Gasteiger partial charge in [-0.2, -0.15) is 0 Å². The number of para-hydroxylation sites is 1. The largest absolute Gasteiger partial charge is 0.481 e. The van der Waals surface area contributed by atoms with Gasteiger partial charge in [-0.1, -0.05) is 30.3 Å². The summed E-state index contributed by atoms with van der Waals surface area (Å²) in [5.41, 5.74) is 4.23. The number of rotatable bonds is 13. The van der Waals surface area contributed by atoms with E-state index in [-0.39, 0.29) is 23.9 Å². The van der Waals surface area contributed by atoms with Crippen molar-refractivity contribution in [3.63, 3.8) is 0 Å². The molecule has 3 aromatic heterocycles. The first-order valence-corrected chi connectivity index (χ1v) is 15.4. The molecule has 0 spiro atoms. The molecule has 0 aliphatic carbocycles. The summed E-state index contributed by atoms with van der Waals surface area (Å²) < 4.78 is 5.53. The summed E-state index contributed by atoms with van der Waals surface area (Å²) in [6.07, 6.45) is 5.98. The first-order valence-electron chi connectivity index (χ1n) is 14.5. The van der Waals surface area contributed by atoms with Gasteiger partial charge in [-0.05, 0) is 60.9 Å². The smallest absolute Gasteiger partial charge is 0.468 e. The number of aromatic nitrogens is 3. The Kier molecular flexibility index (Phi) is 11.1. The van der Waals surface area contributed by atoms with E-state index in [4.69, 9.17) is 9.76 Å². The highest BCUT2D eigenvalue weighted by Gasteiger charge is 2.36. The number of aliphatic carboxylic acids is 1. The lowest BCUT2D eigenvalue weighted by Gasteiger charge is -2.30. The summed E-state index contributed by atoms with van der Waals surface area (Å²) in [4.78, 5) is 40.6. The Morgan fingerprint density at radius 3 is 2.14 bits per heavy atom. The average molecular weight is 612 g/mol. The highest BCUT2D eigenvalue weighted by Crippen LogP contribution is 2.36. The fourth-order valence-electron chi connectivity index (χ4n) is 5.01. The summed E-state index contributed by atoms with van der Waals surface area (Å²) in [7, 11) is -1.09. The fraction of sp³-hybridized carbons (Fsp3) is 0.281. The summed E-state index contributed by atoms with van der Waals surface area (Å²) in [6, 6.07) is 23.0. The SMILES string of the molecule is O=C(O)C[C@@H]1CC[C@H](Sc2ccccc2NC(=O)Cc2ccc(CN(Cc3ccccn3)Cc3ccccn3)nc2)B(O)O1. The van der Waals surface area contributed by atoms with Crippen LogP contribution in [-0.2, 0) is 40.3 Å². The second-order valence-electron chi connectivity index (χ2n) is 10.6. The van der Waals surface area contributed by atoms with Gasteiger partial charge in [-0.25, -0.2) is 0 Å². The number of anilines is 1. The van der Waals surface area contributed by atoms with Crippen LogP contribution in [0, 0.1) is 0 Å². The molecule has 1 aromatic carbocycles. The minimum Gasteiger partial charge on any atom is -0.481 e. The number of nitrogens with one attached hydrogen (secondary N) is 1. The number of carbonyl (C=O) groups is 2. The van der Waals surface area contributed by atoms with Gasteiger partial charge < -0.3 is 20.1 Å². The molecular weight excluding hydrogens is 577 g/mol. The predicted octanol–water partition coefficient (Wildman–Crippen LogP) is 4.39. The van der Waals surface area contributed by atoms with E-state index in [0.29, 0.717) is 38.2 Å². The zero-order chi connectivity index (χ0) is 30.7. The fourth-order valence-corrected chi connectivity index (χ4v) is 6.18. The second kappa shape index (κ2) is 15.6. The molecule has 10 nitrogen and oxygen atoms in total. The monoisotopic (exact) mass is 611 g/mol. The Morgan fingerprint density at radius 2 is 1.55 bits per heavy atom. The normalized spacial score (nSPS) is 16.5. The average Bonchev–Trinajstić information content (AvgIpc) is 3.01. The Hall–Kier alpha value is -4.10. The summed E-state index contributed by atoms with van der Waals surface area (Å²) >= 11 is 1.41. The molecular formula is C32H34BN5O5S. The third-order valence-corrected chi connectivity index (χ3v) is 8.51. The Bertz CT molecular complexity index is 1480. The van der Waals surface area contributed by atoms with Gasteiger partial charge in [-0.3, -0.25) is 29.4 Å². The maximum Gasteiger partial charge on any atom is 0.468 e. The number of carboxylic acid groups (broad SMARTS) is 1. The van der Waals surface area contributed by atoms with Crippen LogP contribution in [-0.4, -0.2) is 60.2 Å². The molecule has 0 bridgehead atoms. The molecule has 2 atom stereocenters. The van der Waals surface area contributed by atoms with Crippen LogP contribution in [0.15, 0.2) is 96.3 Å². The van der Waals surface area contributed by atoms with Gasteiger partial charge in [0, 0.05) is 48.3 Å². The van der Waals surface area contributed by atoms with Crippen molar-refractivity contribution in [3.8, 4) is 0 Å². The van der Waals surface area contributed by atoms with Crippen molar-refractivity contribution in [3.05, 3.63) is 114 Å². The predicted molar refractivity (Wildman–Crippen MR) is 168 cm³/mol. The van der Waals surface area contributed by atoms with E-state index < -0.39 is 19.2 Å². The van der Waals surface area contributed by atoms with E-state index in [1.807, 2.05) is 72.8 Å². The van der Waals surface area contributed by atoms with Gasteiger partial charge in [0.15, 0.2) is 0 Å². The van der Waals surface area contributed by atoms with Crippen molar-refractivity contribution in [1.82, 2.24) is 19.9 Å². The van der Waals surface area contributed by atoms with Crippen molar-refractivity contribution in [1.29, 1.82) is 0 Å². The second-order valence-corrected chi connectivity index (χ2v) is 11.9. The van der Waals surface area contributed by atoms with E-state index in [2.05, 4.69) is 25.2 Å². The van der Waals surface area contributed by atoms with Crippen molar-refractivity contribution >= 4 is 36.4 Å². The number of pyridine rings is 3. The number of thioether (sulfide) groups is 1. The number of carbonyl (C=O) groups excluding carboxylic acids is 1. The maximum absolute atomic E-state index is 13.0. The topological polar surface area (TPSA) is 138 Å². The van der Waals surface area contributed by atoms with Crippen LogP contribution in [0.1, 0.15) is 41.9 Å². The van der Waals surface area contributed by atoms with E-state index >= 15 is 0 Å². The quantitative estimate of drug-likeness (QED) is 0.187. The van der Waals surface area contributed by atoms with E-state index in [1.54, 1.807) is 18.6 Å². The van der Waals surface area contributed by atoms with Crippen molar-refractivity contribution in [2.75, 3.05) is 5.32 Å². The number of nitrogens with zero attached hydrogens (tertiary/aromatic N) is 4.